The van der Waals surface area contributed by atoms with Gasteiger partial charge in [0.15, 0.2) is 5.15 Å². The van der Waals surface area contributed by atoms with Gasteiger partial charge in [-0.25, -0.2) is 0 Å². The molecule has 0 unspecified atom stereocenters. The Balaban J connectivity index is 2.88. The summed E-state index contributed by atoms with van der Waals surface area (Å²) < 4.78 is 5.31. The minimum absolute atomic E-state index is 0.251. The number of thioether (sulfide) groups is 1. The molecule has 0 saturated carbocycles. The molecular weight excluding hydrogens is 258 g/mol. The first kappa shape index (κ1) is 11.7. The Morgan fingerprint density at radius 3 is 2.86 bits per heavy atom. The molecule has 1 rings (SSSR count). The van der Waals surface area contributed by atoms with Crippen molar-refractivity contribution >= 4 is 51.4 Å². The summed E-state index contributed by atoms with van der Waals surface area (Å²) in [4.78, 5) is 1.80. The summed E-state index contributed by atoms with van der Waals surface area (Å²) in [5.74, 6) is 0. The van der Waals surface area contributed by atoms with Crippen LogP contribution in [-0.4, -0.2) is 27.7 Å². The lowest BCUT2D eigenvalue weighted by molar-refractivity contribution is 0.648. The third kappa shape index (κ3) is 2.58. The molecule has 0 N–H and O–H groups in total. The quantitative estimate of drug-likeness (QED) is 0.575. The van der Waals surface area contributed by atoms with Crippen molar-refractivity contribution in [3.63, 3.8) is 0 Å². The molecule has 1 aromatic rings. The first-order valence-corrected chi connectivity index (χ1v) is 5.88. The summed E-state index contributed by atoms with van der Waals surface area (Å²) in [5, 5.41) is 9.05. The van der Waals surface area contributed by atoms with E-state index in [-0.39, 0.29) is 5.15 Å². The molecule has 1 aromatic heterocycles. The van der Waals surface area contributed by atoms with Crippen LogP contribution in [-0.2, 0) is 0 Å². The molecule has 7 heteroatoms. The van der Waals surface area contributed by atoms with Crippen LogP contribution < -0.4 is 0 Å². The van der Waals surface area contributed by atoms with Crippen LogP contribution in [0, 0.1) is 11.3 Å². The highest BCUT2D eigenvalue weighted by Crippen LogP contribution is 2.32. The van der Waals surface area contributed by atoms with Gasteiger partial charge in [-0.1, -0.05) is 23.8 Å². The second-order valence-corrected chi connectivity index (χ2v) is 5.54. The molecule has 0 spiro atoms. The Bertz CT molecular complexity index is 393. The Hall–Kier alpha value is -0.350. The van der Waals surface area contributed by atoms with Crippen LogP contribution in [0.5, 0.6) is 0 Å². The van der Waals surface area contributed by atoms with Crippen LogP contribution in [0.3, 0.4) is 0 Å². The van der Waals surface area contributed by atoms with E-state index in [4.69, 9.17) is 29.1 Å². The number of nitrogens with zero attached hydrogens (tertiary/aromatic N) is 3. The zero-order chi connectivity index (χ0) is 10.7. The molecule has 0 bridgehead atoms. The Labute approximate surface area is 101 Å². The minimum atomic E-state index is 0.251. The Kier molecular flexibility index (Phi) is 4.13. The van der Waals surface area contributed by atoms with E-state index in [0.29, 0.717) is 9.88 Å². The highest BCUT2D eigenvalue weighted by atomic mass is 35.5. The van der Waals surface area contributed by atoms with Crippen molar-refractivity contribution in [2.75, 3.05) is 14.1 Å². The average molecular weight is 264 g/mol. The Morgan fingerprint density at radius 2 is 2.36 bits per heavy atom. The zero-order valence-electron chi connectivity index (χ0n) is 7.44. The van der Waals surface area contributed by atoms with Gasteiger partial charge in [0.25, 0.3) is 0 Å². The van der Waals surface area contributed by atoms with E-state index in [0.717, 1.165) is 4.21 Å². The van der Waals surface area contributed by atoms with Crippen molar-refractivity contribution in [2.45, 2.75) is 4.21 Å². The predicted molar refractivity (Wildman–Crippen MR) is 64.0 cm³/mol. The fourth-order valence-corrected chi connectivity index (χ4v) is 2.92. The van der Waals surface area contributed by atoms with Crippen LogP contribution in [0.4, 0.5) is 0 Å². The molecule has 0 aliphatic rings. The minimum Gasteiger partial charge on any atom is -0.363 e. The number of rotatable bonds is 1. The molecule has 14 heavy (non-hydrogen) atoms. The molecule has 0 atom stereocenters. The van der Waals surface area contributed by atoms with Crippen LogP contribution in [0.15, 0.2) is 4.21 Å². The molecule has 1 heterocycles. The van der Waals surface area contributed by atoms with Gasteiger partial charge >= 0.3 is 0 Å². The molecule has 0 saturated heterocycles. The summed E-state index contributed by atoms with van der Waals surface area (Å²) in [6, 6.07) is 2.01. The van der Waals surface area contributed by atoms with E-state index >= 15 is 0 Å². The molecule has 0 aromatic carbocycles. The van der Waals surface area contributed by atoms with E-state index in [1.807, 2.05) is 20.2 Å². The number of thiocarbonyl (C=S) groups is 1. The van der Waals surface area contributed by atoms with Crippen LogP contribution in [0.25, 0.3) is 0 Å². The molecule has 0 aliphatic carbocycles. The number of nitriles is 1. The van der Waals surface area contributed by atoms with Gasteiger partial charge in [-0.3, -0.25) is 0 Å². The lowest BCUT2D eigenvalue weighted by atomic mass is 10.4. The maximum absolute atomic E-state index is 8.80. The van der Waals surface area contributed by atoms with E-state index in [2.05, 4.69) is 4.37 Å². The van der Waals surface area contributed by atoms with Crippen LogP contribution >= 0.6 is 47.1 Å². The lowest BCUT2D eigenvalue weighted by Gasteiger charge is -2.10. The van der Waals surface area contributed by atoms with Gasteiger partial charge in [-0.05, 0) is 23.3 Å². The van der Waals surface area contributed by atoms with Gasteiger partial charge in [0, 0.05) is 14.1 Å². The van der Waals surface area contributed by atoms with Gasteiger partial charge in [0.2, 0.25) is 0 Å². The first-order valence-electron chi connectivity index (χ1n) is 3.50. The highest BCUT2D eigenvalue weighted by Gasteiger charge is 2.14. The maximum Gasteiger partial charge on any atom is 0.161 e. The topological polar surface area (TPSA) is 39.9 Å². The van der Waals surface area contributed by atoms with Gasteiger partial charge in [0.1, 0.15) is 20.2 Å². The fraction of sp³-hybridized carbons (Fsp3) is 0.286. The summed E-state index contributed by atoms with van der Waals surface area (Å²) in [5.41, 5.74) is 0.408. The van der Waals surface area contributed by atoms with Crippen molar-refractivity contribution in [1.82, 2.24) is 9.27 Å². The average Bonchev–Trinajstić information content (AvgIpc) is 2.46. The van der Waals surface area contributed by atoms with E-state index in [9.17, 15) is 0 Å². The molecule has 0 aliphatic heterocycles. The van der Waals surface area contributed by atoms with E-state index in [1.54, 1.807) is 4.90 Å². The Morgan fingerprint density at radius 1 is 1.71 bits per heavy atom. The summed E-state index contributed by atoms with van der Waals surface area (Å²) in [6.45, 7) is 0. The highest BCUT2D eigenvalue weighted by molar-refractivity contribution is 8.23. The monoisotopic (exact) mass is 263 g/mol. The van der Waals surface area contributed by atoms with Crippen molar-refractivity contribution in [2.24, 2.45) is 0 Å². The summed E-state index contributed by atoms with van der Waals surface area (Å²) >= 11 is 13.3. The van der Waals surface area contributed by atoms with Gasteiger partial charge < -0.3 is 4.90 Å². The lowest BCUT2D eigenvalue weighted by Crippen LogP contribution is -2.15. The molecule has 74 valence electrons. The fourth-order valence-electron chi connectivity index (χ4n) is 0.589. The number of aromatic nitrogens is 1. The third-order valence-electron chi connectivity index (χ3n) is 1.28. The predicted octanol–water partition coefficient (Wildman–Crippen LogP) is 2.61. The zero-order valence-corrected chi connectivity index (χ0v) is 10.6. The molecule has 0 radical (unpaired) electrons. The number of hydrogen-bond acceptors (Lipinski definition) is 5. The maximum atomic E-state index is 8.80. The van der Waals surface area contributed by atoms with Crippen molar-refractivity contribution in [3.8, 4) is 6.07 Å². The largest absolute Gasteiger partial charge is 0.363 e. The smallest absolute Gasteiger partial charge is 0.161 e. The second kappa shape index (κ2) is 4.94. The molecule has 0 amide bonds. The number of hydrogen-bond donors (Lipinski definition) is 0. The first-order chi connectivity index (χ1) is 6.56. The van der Waals surface area contributed by atoms with Crippen molar-refractivity contribution in [1.29, 1.82) is 5.26 Å². The van der Waals surface area contributed by atoms with E-state index < -0.39 is 0 Å². The molecular formula is C7H6ClN3S3. The number of halogens is 1. The SMILES string of the molecule is CN(C)C(=S)Sc1snc(Cl)c1C#N. The van der Waals surface area contributed by atoms with Crippen LogP contribution in [0.2, 0.25) is 5.15 Å². The van der Waals surface area contributed by atoms with Gasteiger partial charge in [0.05, 0.1) is 0 Å². The van der Waals surface area contributed by atoms with Crippen molar-refractivity contribution < 1.29 is 0 Å². The normalized spacial score (nSPS) is 9.57. The summed E-state index contributed by atoms with van der Waals surface area (Å²) in [7, 11) is 3.70. The van der Waals surface area contributed by atoms with Crippen LogP contribution in [0.1, 0.15) is 5.56 Å². The standard InChI is InChI=1S/C7H6ClN3S3/c1-11(2)7(12)13-6-4(3-9)5(8)10-14-6/h1-2H3. The van der Waals surface area contributed by atoms with E-state index in [1.165, 1.54) is 23.3 Å². The van der Waals surface area contributed by atoms with Gasteiger partial charge in [-0.2, -0.15) is 9.64 Å². The van der Waals surface area contributed by atoms with Gasteiger partial charge in [-0.15, -0.1) is 0 Å². The molecule has 0 fully saturated rings. The van der Waals surface area contributed by atoms with Crippen molar-refractivity contribution in [3.05, 3.63) is 10.7 Å². The second-order valence-electron chi connectivity index (χ2n) is 2.51. The summed E-state index contributed by atoms with van der Waals surface area (Å²) in [6.07, 6.45) is 0. The third-order valence-corrected chi connectivity index (χ3v) is 4.31. The molecule has 3 nitrogen and oxygen atoms in total.